The predicted molar refractivity (Wildman–Crippen MR) is 73.5 cm³/mol. The summed E-state index contributed by atoms with van der Waals surface area (Å²) in [6.07, 6.45) is 0.768. The molecule has 0 fully saturated rings. The monoisotopic (exact) mass is 243 g/mol. The van der Waals surface area contributed by atoms with Gasteiger partial charge in [-0.2, -0.15) is 0 Å². The van der Waals surface area contributed by atoms with Crippen molar-refractivity contribution in [3.8, 4) is 16.9 Å². The van der Waals surface area contributed by atoms with Crippen LogP contribution in [0.5, 0.6) is 5.75 Å². The van der Waals surface area contributed by atoms with E-state index in [4.69, 9.17) is 10.5 Å². The van der Waals surface area contributed by atoms with Gasteiger partial charge in [-0.1, -0.05) is 36.4 Å². The second kappa shape index (κ2) is 5.56. The summed E-state index contributed by atoms with van der Waals surface area (Å²) in [5.74, 6) is 0.244. The molecule has 2 rings (SSSR count). The second-order valence-electron chi connectivity index (χ2n) is 4.14. The Morgan fingerprint density at radius 3 is 2.50 bits per heavy atom. The van der Waals surface area contributed by atoms with Crippen LogP contribution in [0.2, 0.25) is 0 Å². The normalized spacial score (nSPS) is 10.5. The van der Waals surface area contributed by atoms with Crippen molar-refractivity contribution in [3.05, 3.63) is 48.0 Å². The maximum atomic E-state index is 9.88. The smallest absolute Gasteiger partial charge is 0.123 e. The number of methoxy groups -OCH3 is 1. The molecule has 0 aliphatic heterocycles. The van der Waals surface area contributed by atoms with E-state index in [1.54, 1.807) is 19.2 Å². The minimum Gasteiger partial charge on any atom is -0.507 e. The van der Waals surface area contributed by atoms with E-state index in [9.17, 15) is 5.11 Å². The van der Waals surface area contributed by atoms with Gasteiger partial charge in [-0.25, -0.2) is 0 Å². The number of aromatic hydroxyl groups is 1. The van der Waals surface area contributed by atoms with Crippen molar-refractivity contribution in [1.82, 2.24) is 0 Å². The molecule has 3 N–H and O–H groups in total. The Labute approximate surface area is 107 Å². The van der Waals surface area contributed by atoms with E-state index >= 15 is 0 Å². The third-order valence-electron chi connectivity index (χ3n) is 2.97. The van der Waals surface area contributed by atoms with Gasteiger partial charge in [-0.05, 0) is 18.1 Å². The van der Waals surface area contributed by atoms with Crippen LogP contribution in [0, 0.1) is 0 Å². The Kier molecular flexibility index (Phi) is 3.85. The molecule has 94 valence electrons. The molecule has 3 heteroatoms. The van der Waals surface area contributed by atoms with Gasteiger partial charge in [0.15, 0.2) is 0 Å². The number of benzene rings is 2. The molecule has 0 aliphatic carbocycles. The third-order valence-corrected chi connectivity index (χ3v) is 2.97. The molecular formula is C15H17NO2. The number of ether oxygens (including phenoxy) is 1. The number of phenols is 1. The maximum Gasteiger partial charge on any atom is 0.123 e. The van der Waals surface area contributed by atoms with E-state index in [0.29, 0.717) is 12.3 Å². The summed E-state index contributed by atoms with van der Waals surface area (Å²) >= 11 is 0. The number of nitrogen functional groups attached to an aromatic ring is 1. The Morgan fingerprint density at radius 1 is 1.06 bits per heavy atom. The topological polar surface area (TPSA) is 55.5 Å². The summed E-state index contributed by atoms with van der Waals surface area (Å²) in [6, 6.07) is 13.1. The van der Waals surface area contributed by atoms with Crippen molar-refractivity contribution in [2.24, 2.45) is 0 Å². The highest BCUT2D eigenvalue weighted by Gasteiger charge is 2.09. The lowest BCUT2D eigenvalue weighted by atomic mass is 9.98. The van der Waals surface area contributed by atoms with E-state index in [1.807, 2.05) is 30.3 Å². The molecule has 0 radical (unpaired) electrons. The minimum absolute atomic E-state index is 0.244. The van der Waals surface area contributed by atoms with Crippen LogP contribution in [-0.4, -0.2) is 18.8 Å². The Balaban J connectivity index is 2.43. The van der Waals surface area contributed by atoms with Crippen LogP contribution in [0.3, 0.4) is 0 Å². The molecule has 0 saturated heterocycles. The van der Waals surface area contributed by atoms with Gasteiger partial charge in [0.25, 0.3) is 0 Å². The van der Waals surface area contributed by atoms with Crippen LogP contribution in [0.1, 0.15) is 5.56 Å². The van der Waals surface area contributed by atoms with Crippen molar-refractivity contribution in [2.45, 2.75) is 6.42 Å². The number of anilines is 1. The molecule has 0 amide bonds. The minimum atomic E-state index is 0.244. The van der Waals surface area contributed by atoms with E-state index in [2.05, 4.69) is 0 Å². The fourth-order valence-electron chi connectivity index (χ4n) is 1.98. The van der Waals surface area contributed by atoms with Crippen LogP contribution < -0.4 is 5.73 Å². The molecule has 2 aromatic carbocycles. The fourth-order valence-corrected chi connectivity index (χ4v) is 1.98. The average Bonchev–Trinajstić information content (AvgIpc) is 2.39. The lowest BCUT2D eigenvalue weighted by molar-refractivity contribution is 0.202. The number of para-hydroxylation sites is 2. The largest absolute Gasteiger partial charge is 0.507 e. The molecule has 3 nitrogen and oxygen atoms in total. The van der Waals surface area contributed by atoms with Crippen molar-refractivity contribution in [1.29, 1.82) is 0 Å². The van der Waals surface area contributed by atoms with Crippen LogP contribution >= 0.6 is 0 Å². The first-order valence-electron chi connectivity index (χ1n) is 5.88. The highest BCUT2D eigenvalue weighted by atomic mass is 16.5. The maximum absolute atomic E-state index is 9.88. The molecule has 0 bridgehead atoms. The van der Waals surface area contributed by atoms with Gasteiger partial charge in [-0.15, -0.1) is 0 Å². The standard InChI is InChI=1S/C15H17NO2/c1-18-10-9-11-5-4-7-13(15(11)16)12-6-2-3-8-14(12)17/h2-8,17H,9-10,16H2,1H3. The quantitative estimate of drug-likeness (QED) is 0.812. The molecule has 18 heavy (non-hydrogen) atoms. The fraction of sp³-hybridized carbons (Fsp3) is 0.200. The summed E-state index contributed by atoms with van der Waals surface area (Å²) in [5.41, 5.74) is 9.52. The van der Waals surface area contributed by atoms with Gasteiger partial charge >= 0.3 is 0 Å². The van der Waals surface area contributed by atoms with Crippen molar-refractivity contribution in [3.63, 3.8) is 0 Å². The SMILES string of the molecule is COCCc1cccc(-c2ccccc2O)c1N. The van der Waals surface area contributed by atoms with Crippen LogP contribution in [-0.2, 0) is 11.2 Å². The first kappa shape index (κ1) is 12.5. The van der Waals surface area contributed by atoms with Gasteiger partial charge in [0.2, 0.25) is 0 Å². The van der Waals surface area contributed by atoms with E-state index in [-0.39, 0.29) is 5.75 Å². The molecule has 0 saturated carbocycles. The molecule has 2 aromatic rings. The summed E-state index contributed by atoms with van der Waals surface area (Å²) in [6.45, 7) is 0.633. The number of hydrogen-bond acceptors (Lipinski definition) is 3. The van der Waals surface area contributed by atoms with Crippen LogP contribution in [0.25, 0.3) is 11.1 Å². The number of hydrogen-bond donors (Lipinski definition) is 2. The highest BCUT2D eigenvalue weighted by molar-refractivity contribution is 5.81. The van der Waals surface area contributed by atoms with E-state index in [0.717, 1.165) is 23.1 Å². The molecule has 0 atom stereocenters. The van der Waals surface area contributed by atoms with E-state index in [1.165, 1.54) is 0 Å². The zero-order chi connectivity index (χ0) is 13.0. The summed E-state index contributed by atoms with van der Waals surface area (Å²) < 4.78 is 5.07. The number of nitrogens with two attached hydrogens (primary N) is 1. The van der Waals surface area contributed by atoms with Gasteiger partial charge in [0.1, 0.15) is 5.75 Å². The third kappa shape index (κ3) is 2.46. The molecular weight excluding hydrogens is 226 g/mol. The van der Waals surface area contributed by atoms with Crippen molar-refractivity contribution < 1.29 is 9.84 Å². The molecule has 0 aromatic heterocycles. The zero-order valence-electron chi connectivity index (χ0n) is 10.4. The Hall–Kier alpha value is -2.00. The zero-order valence-corrected chi connectivity index (χ0v) is 10.4. The molecule has 0 unspecified atom stereocenters. The van der Waals surface area contributed by atoms with Crippen LogP contribution in [0.4, 0.5) is 5.69 Å². The van der Waals surface area contributed by atoms with Gasteiger partial charge in [0, 0.05) is 23.9 Å². The van der Waals surface area contributed by atoms with Crippen molar-refractivity contribution in [2.75, 3.05) is 19.5 Å². The summed E-state index contributed by atoms with van der Waals surface area (Å²) in [4.78, 5) is 0. The molecule has 0 aliphatic rings. The van der Waals surface area contributed by atoms with Gasteiger partial charge in [0.05, 0.1) is 6.61 Å². The summed E-state index contributed by atoms with van der Waals surface area (Å²) in [5, 5.41) is 9.88. The van der Waals surface area contributed by atoms with Gasteiger partial charge < -0.3 is 15.6 Å². The lowest BCUT2D eigenvalue weighted by Crippen LogP contribution is -2.01. The Morgan fingerprint density at radius 2 is 1.78 bits per heavy atom. The van der Waals surface area contributed by atoms with Crippen molar-refractivity contribution >= 4 is 5.69 Å². The number of rotatable bonds is 4. The molecule has 0 spiro atoms. The summed E-state index contributed by atoms with van der Waals surface area (Å²) in [7, 11) is 1.67. The predicted octanol–water partition coefficient (Wildman–Crippen LogP) is 2.83. The first-order valence-corrected chi connectivity index (χ1v) is 5.88. The Bertz CT molecular complexity index is 538. The first-order chi connectivity index (χ1) is 8.74. The molecule has 0 heterocycles. The highest BCUT2D eigenvalue weighted by Crippen LogP contribution is 2.34. The van der Waals surface area contributed by atoms with Gasteiger partial charge in [-0.3, -0.25) is 0 Å². The second-order valence-corrected chi connectivity index (χ2v) is 4.14. The lowest BCUT2D eigenvalue weighted by Gasteiger charge is -2.12. The van der Waals surface area contributed by atoms with E-state index < -0.39 is 0 Å². The number of phenolic OH excluding ortho intramolecular Hbond substituents is 1. The van der Waals surface area contributed by atoms with Crippen LogP contribution in [0.15, 0.2) is 42.5 Å². The average molecular weight is 243 g/mol.